The van der Waals surface area contributed by atoms with E-state index in [-0.39, 0.29) is 0 Å². The summed E-state index contributed by atoms with van der Waals surface area (Å²) in [5.74, 6) is 2.34. The third-order valence-corrected chi connectivity index (χ3v) is 3.23. The van der Waals surface area contributed by atoms with E-state index in [0.717, 1.165) is 25.3 Å². The molecule has 1 rings (SSSR count). The molecule has 18 heavy (non-hydrogen) atoms. The van der Waals surface area contributed by atoms with Crippen molar-refractivity contribution < 1.29 is 4.74 Å². The van der Waals surface area contributed by atoms with Crippen molar-refractivity contribution in [2.24, 2.45) is 11.8 Å². The van der Waals surface area contributed by atoms with Crippen molar-refractivity contribution in [3.05, 3.63) is 30.3 Å². The molecule has 1 aromatic rings. The van der Waals surface area contributed by atoms with E-state index in [1.165, 1.54) is 0 Å². The van der Waals surface area contributed by atoms with Crippen LogP contribution in [0.4, 0.5) is 0 Å². The van der Waals surface area contributed by atoms with E-state index >= 15 is 0 Å². The predicted molar refractivity (Wildman–Crippen MR) is 78.0 cm³/mol. The molecular formula is C16H27NO. The average molecular weight is 249 g/mol. The molecule has 0 radical (unpaired) electrons. The van der Waals surface area contributed by atoms with Crippen molar-refractivity contribution in [3.63, 3.8) is 0 Å². The number of nitrogens with one attached hydrogen (secondary N) is 1. The summed E-state index contributed by atoms with van der Waals surface area (Å²) >= 11 is 0. The Morgan fingerprint density at radius 3 is 2.28 bits per heavy atom. The van der Waals surface area contributed by atoms with Crippen LogP contribution in [-0.2, 0) is 0 Å². The monoisotopic (exact) mass is 249 g/mol. The van der Waals surface area contributed by atoms with Gasteiger partial charge in [0.1, 0.15) is 5.75 Å². The Kier molecular flexibility index (Phi) is 6.81. The van der Waals surface area contributed by atoms with Crippen LogP contribution >= 0.6 is 0 Å². The fraction of sp³-hybridized carbons (Fsp3) is 0.625. The predicted octanol–water partition coefficient (Wildman–Crippen LogP) is 3.73. The summed E-state index contributed by atoms with van der Waals surface area (Å²) in [6.45, 7) is 10.8. The van der Waals surface area contributed by atoms with Gasteiger partial charge in [0.15, 0.2) is 0 Å². The van der Waals surface area contributed by atoms with Crippen LogP contribution in [0, 0.1) is 11.8 Å². The fourth-order valence-corrected chi connectivity index (χ4v) is 1.90. The van der Waals surface area contributed by atoms with Gasteiger partial charge in [-0.2, -0.15) is 0 Å². The minimum atomic E-state index is 0.557. The van der Waals surface area contributed by atoms with E-state index in [4.69, 9.17) is 4.74 Å². The molecule has 0 aliphatic rings. The number of benzene rings is 1. The Hall–Kier alpha value is -1.02. The summed E-state index contributed by atoms with van der Waals surface area (Å²) < 4.78 is 5.77. The first-order valence-electron chi connectivity index (χ1n) is 7.00. The Morgan fingerprint density at radius 2 is 1.72 bits per heavy atom. The van der Waals surface area contributed by atoms with Crippen LogP contribution in [0.1, 0.15) is 34.1 Å². The zero-order valence-corrected chi connectivity index (χ0v) is 12.1. The molecule has 102 valence electrons. The average Bonchev–Trinajstić information content (AvgIpc) is 2.34. The first kappa shape index (κ1) is 15.0. The second kappa shape index (κ2) is 8.15. The highest BCUT2D eigenvalue weighted by atomic mass is 16.5. The minimum absolute atomic E-state index is 0.557. The van der Waals surface area contributed by atoms with Crippen LogP contribution in [0.25, 0.3) is 0 Å². The zero-order valence-electron chi connectivity index (χ0n) is 12.1. The molecule has 0 spiro atoms. The first-order valence-corrected chi connectivity index (χ1v) is 7.00. The first-order chi connectivity index (χ1) is 8.59. The van der Waals surface area contributed by atoms with Gasteiger partial charge in [0, 0.05) is 6.04 Å². The largest absolute Gasteiger partial charge is 0.494 e. The van der Waals surface area contributed by atoms with Crippen molar-refractivity contribution in [1.82, 2.24) is 5.32 Å². The normalized spacial score (nSPS) is 13.0. The fourth-order valence-electron chi connectivity index (χ4n) is 1.90. The lowest BCUT2D eigenvalue weighted by atomic mass is 9.92. The molecule has 2 nitrogen and oxygen atoms in total. The highest BCUT2D eigenvalue weighted by Crippen LogP contribution is 2.16. The van der Waals surface area contributed by atoms with E-state index in [0.29, 0.717) is 17.9 Å². The Balaban J connectivity index is 2.29. The van der Waals surface area contributed by atoms with Gasteiger partial charge < -0.3 is 10.1 Å². The van der Waals surface area contributed by atoms with Gasteiger partial charge in [-0.05, 0) is 36.9 Å². The molecule has 1 unspecified atom stereocenters. The van der Waals surface area contributed by atoms with Crippen LogP contribution < -0.4 is 10.1 Å². The van der Waals surface area contributed by atoms with Gasteiger partial charge in [-0.1, -0.05) is 45.9 Å². The molecule has 0 aliphatic heterocycles. The molecule has 2 heteroatoms. The van der Waals surface area contributed by atoms with Crippen molar-refractivity contribution in [3.8, 4) is 5.75 Å². The number of hydrogen-bond acceptors (Lipinski definition) is 2. The minimum Gasteiger partial charge on any atom is -0.494 e. The van der Waals surface area contributed by atoms with Crippen LogP contribution in [-0.4, -0.2) is 19.2 Å². The van der Waals surface area contributed by atoms with E-state index < -0.39 is 0 Å². The second-order valence-electron chi connectivity index (χ2n) is 5.52. The lowest BCUT2D eigenvalue weighted by molar-refractivity contribution is 0.241. The van der Waals surface area contributed by atoms with Gasteiger partial charge in [0.2, 0.25) is 0 Å². The molecule has 0 aromatic heterocycles. The number of hydrogen-bond donors (Lipinski definition) is 1. The molecule has 1 atom stereocenters. The summed E-state index contributed by atoms with van der Waals surface area (Å²) in [4.78, 5) is 0. The second-order valence-corrected chi connectivity index (χ2v) is 5.52. The molecule has 0 saturated carbocycles. The topological polar surface area (TPSA) is 21.3 Å². The van der Waals surface area contributed by atoms with Crippen LogP contribution in [0.3, 0.4) is 0 Å². The third-order valence-electron chi connectivity index (χ3n) is 3.23. The lowest BCUT2D eigenvalue weighted by Crippen LogP contribution is -2.32. The summed E-state index contributed by atoms with van der Waals surface area (Å²) in [5.41, 5.74) is 0. The maximum absolute atomic E-state index is 5.77. The van der Waals surface area contributed by atoms with Gasteiger partial charge in [-0.15, -0.1) is 0 Å². The maximum Gasteiger partial charge on any atom is 0.119 e. The Labute approximate surface area is 112 Å². The molecule has 1 N–H and O–H groups in total. The highest BCUT2D eigenvalue weighted by molar-refractivity contribution is 5.20. The van der Waals surface area contributed by atoms with Crippen molar-refractivity contribution >= 4 is 0 Å². The molecule has 0 aliphatic carbocycles. The van der Waals surface area contributed by atoms with E-state index in [1.54, 1.807) is 0 Å². The molecule has 0 saturated heterocycles. The van der Waals surface area contributed by atoms with Gasteiger partial charge >= 0.3 is 0 Å². The lowest BCUT2D eigenvalue weighted by Gasteiger charge is -2.22. The number of para-hydroxylation sites is 1. The molecule has 1 aromatic carbocycles. The highest BCUT2D eigenvalue weighted by Gasteiger charge is 2.13. The molecule has 0 fully saturated rings. The van der Waals surface area contributed by atoms with Crippen LogP contribution in [0.15, 0.2) is 30.3 Å². The standard InChI is InChI=1S/C16H27NO/c1-13(2)15(12-17-14(3)4)10-11-18-16-8-6-5-7-9-16/h5-9,13-15,17H,10-12H2,1-4H3. The Morgan fingerprint density at radius 1 is 1.06 bits per heavy atom. The molecular weight excluding hydrogens is 222 g/mol. The van der Waals surface area contributed by atoms with E-state index in [1.807, 2.05) is 30.3 Å². The van der Waals surface area contributed by atoms with Crippen molar-refractivity contribution in [2.45, 2.75) is 40.2 Å². The molecule has 0 amide bonds. The summed E-state index contributed by atoms with van der Waals surface area (Å²) in [5, 5.41) is 3.52. The maximum atomic E-state index is 5.77. The van der Waals surface area contributed by atoms with Gasteiger partial charge in [0.05, 0.1) is 6.61 Å². The summed E-state index contributed by atoms with van der Waals surface area (Å²) in [6.07, 6.45) is 1.10. The number of rotatable bonds is 8. The van der Waals surface area contributed by atoms with Gasteiger partial charge in [0.25, 0.3) is 0 Å². The third kappa shape index (κ3) is 6.06. The van der Waals surface area contributed by atoms with Crippen molar-refractivity contribution in [1.29, 1.82) is 0 Å². The summed E-state index contributed by atoms with van der Waals surface area (Å²) in [7, 11) is 0. The summed E-state index contributed by atoms with van der Waals surface area (Å²) in [6, 6.07) is 10.6. The Bertz CT molecular complexity index is 308. The zero-order chi connectivity index (χ0) is 13.4. The van der Waals surface area contributed by atoms with Gasteiger partial charge in [-0.25, -0.2) is 0 Å². The number of ether oxygens (including phenoxy) is 1. The van der Waals surface area contributed by atoms with E-state index in [9.17, 15) is 0 Å². The SMILES string of the molecule is CC(C)NCC(CCOc1ccccc1)C(C)C. The van der Waals surface area contributed by atoms with Crippen LogP contribution in [0.5, 0.6) is 5.75 Å². The smallest absolute Gasteiger partial charge is 0.119 e. The molecule has 0 heterocycles. The molecule has 0 bridgehead atoms. The van der Waals surface area contributed by atoms with Crippen molar-refractivity contribution in [2.75, 3.05) is 13.2 Å². The van der Waals surface area contributed by atoms with Gasteiger partial charge in [-0.3, -0.25) is 0 Å². The van der Waals surface area contributed by atoms with Crippen LogP contribution in [0.2, 0.25) is 0 Å². The quantitative estimate of drug-likeness (QED) is 0.758. The van der Waals surface area contributed by atoms with E-state index in [2.05, 4.69) is 33.0 Å².